The molecule has 2 aromatic rings. The molecule has 7 heteroatoms. The molecule has 0 bridgehead atoms. The Balaban J connectivity index is 1.70. The van der Waals surface area contributed by atoms with E-state index in [1.807, 2.05) is 6.92 Å². The average molecular weight is 342 g/mol. The summed E-state index contributed by atoms with van der Waals surface area (Å²) in [5.74, 6) is 7.53. The Morgan fingerprint density at radius 1 is 1.48 bits per heavy atom. The molecule has 0 aromatic carbocycles. The number of carbonyl (C=O) groups is 1. The molecule has 0 spiro atoms. The van der Waals surface area contributed by atoms with Crippen LogP contribution in [0.15, 0.2) is 16.5 Å². The zero-order chi connectivity index (χ0) is 18.0. The van der Waals surface area contributed by atoms with Crippen LogP contribution in [0.4, 0.5) is 0 Å². The third-order valence-corrected chi connectivity index (χ3v) is 4.00. The van der Waals surface area contributed by atoms with Gasteiger partial charge in [-0.2, -0.15) is 5.10 Å². The van der Waals surface area contributed by atoms with Crippen molar-refractivity contribution in [1.82, 2.24) is 20.1 Å². The summed E-state index contributed by atoms with van der Waals surface area (Å²) in [7, 11) is 0. The number of H-pyrrole nitrogens is 1. The predicted molar refractivity (Wildman–Crippen MR) is 90.9 cm³/mol. The van der Waals surface area contributed by atoms with Gasteiger partial charge in [-0.3, -0.25) is 9.89 Å². The van der Waals surface area contributed by atoms with Gasteiger partial charge in [0.1, 0.15) is 11.4 Å². The molecule has 132 valence electrons. The molecule has 3 heterocycles. The second kappa shape index (κ2) is 6.73. The van der Waals surface area contributed by atoms with Crippen LogP contribution in [0.25, 0.3) is 0 Å². The number of piperidine rings is 1. The highest BCUT2D eigenvalue weighted by Crippen LogP contribution is 2.25. The number of hydrogen-bond acceptors (Lipinski definition) is 5. The Kier molecular flexibility index (Phi) is 4.64. The summed E-state index contributed by atoms with van der Waals surface area (Å²) >= 11 is 0. The second-order valence-electron chi connectivity index (χ2n) is 6.84. The standard InChI is InChI=1S/C18H22N4O3/c1-12-19-16(21-20-12)13-5-4-10-22(11-13)17(23)15-7-6-14(25-15)8-9-18(2,3)24/h6-7,13,24H,4-5,10-11H2,1-3H3,(H,19,20,21)/t13-/m0/s1. The monoisotopic (exact) mass is 342 g/mol. The maximum Gasteiger partial charge on any atom is 0.289 e. The number of furan rings is 1. The number of amides is 1. The molecule has 2 aromatic heterocycles. The lowest BCUT2D eigenvalue weighted by Gasteiger charge is -2.30. The van der Waals surface area contributed by atoms with Gasteiger partial charge in [0, 0.05) is 19.0 Å². The lowest BCUT2D eigenvalue weighted by Crippen LogP contribution is -2.39. The predicted octanol–water partition coefficient (Wildman–Crippen LogP) is 1.85. The van der Waals surface area contributed by atoms with E-state index in [1.54, 1.807) is 30.9 Å². The summed E-state index contributed by atoms with van der Waals surface area (Å²) in [6.07, 6.45) is 1.86. The van der Waals surface area contributed by atoms with E-state index in [4.69, 9.17) is 4.42 Å². The molecule has 0 radical (unpaired) electrons. The van der Waals surface area contributed by atoms with E-state index >= 15 is 0 Å². The maximum absolute atomic E-state index is 12.7. The first-order valence-electron chi connectivity index (χ1n) is 8.35. The first-order valence-corrected chi connectivity index (χ1v) is 8.35. The van der Waals surface area contributed by atoms with Crippen LogP contribution in [0.1, 0.15) is 60.6 Å². The van der Waals surface area contributed by atoms with Crippen LogP contribution in [0.5, 0.6) is 0 Å². The van der Waals surface area contributed by atoms with Gasteiger partial charge in [-0.1, -0.05) is 5.92 Å². The largest absolute Gasteiger partial charge is 0.443 e. The molecule has 1 fully saturated rings. The van der Waals surface area contributed by atoms with E-state index in [0.717, 1.165) is 24.5 Å². The minimum absolute atomic E-state index is 0.132. The van der Waals surface area contributed by atoms with Crippen LogP contribution in [0.2, 0.25) is 0 Å². The van der Waals surface area contributed by atoms with Gasteiger partial charge < -0.3 is 14.4 Å². The number of aryl methyl sites for hydroxylation is 1. The smallest absolute Gasteiger partial charge is 0.289 e. The van der Waals surface area contributed by atoms with Crippen molar-refractivity contribution in [3.8, 4) is 11.8 Å². The summed E-state index contributed by atoms with van der Waals surface area (Å²) in [6, 6.07) is 3.27. The fourth-order valence-corrected chi connectivity index (χ4v) is 2.81. The SMILES string of the molecule is Cc1nc([C@H]2CCCN(C(=O)c3ccc(C#CC(C)(C)O)o3)C2)n[nH]1. The van der Waals surface area contributed by atoms with Crippen molar-refractivity contribution >= 4 is 5.91 Å². The molecule has 3 rings (SSSR count). The van der Waals surface area contributed by atoms with Crippen molar-refractivity contribution in [2.24, 2.45) is 0 Å². The number of likely N-dealkylation sites (tertiary alicyclic amines) is 1. The van der Waals surface area contributed by atoms with Gasteiger partial charge in [-0.25, -0.2) is 4.98 Å². The number of aromatic amines is 1. The number of rotatable bonds is 2. The van der Waals surface area contributed by atoms with Crippen molar-refractivity contribution in [3.63, 3.8) is 0 Å². The Bertz CT molecular complexity index is 819. The Hall–Kier alpha value is -2.59. The quantitative estimate of drug-likeness (QED) is 0.812. The van der Waals surface area contributed by atoms with Gasteiger partial charge in [0.05, 0.1) is 0 Å². The number of nitrogens with one attached hydrogen (secondary N) is 1. The lowest BCUT2D eigenvalue weighted by atomic mass is 9.97. The number of nitrogens with zero attached hydrogens (tertiary/aromatic N) is 3. The lowest BCUT2D eigenvalue weighted by molar-refractivity contribution is 0.0672. The second-order valence-corrected chi connectivity index (χ2v) is 6.84. The van der Waals surface area contributed by atoms with Gasteiger partial charge >= 0.3 is 0 Å². The molecule has 1 amide bonds. The number of aromatic nitrogens is 3. The minimum Gasteiger partial charge on any atom is -0.443 e. The summed E-state index contributed by atoms with van der Waals surface area (Å²) < 4.78 is 5.53. The zero-order valence-electron chi connectivity index (χ0n) is 14.7. The molecule has 1 aliphatic rings. The molecule has 0 saturated carbocycles. The number of carbonyl (C=O) groups excluding carboxylic acids is 1. The van der Waals surface area contributed by atoms with Crippen LogP contribution in [-0.2, 0) is 0 Å². The molecular formula is C18H22N4O3. The molecular weight excluding hydrogens is 320 g/mol. The first kappa shape index (κ1) is 17.2. The summed E-state index contributed by atoms with van der Waals surface area (Å²) in [5, 5.41) is 16.7. The van der Waals surface area contributed by atoms with Crippen LogP contribution >= 0.6 is 0 Å². The van der Waals surface area contributed by atoms with Crippen molar-refractivity contribution in [2.75, 3.05) is 13.1 Å². The van der Waals surface area contributed by atoms with Crippen LogP contribution in [0, 0.1) is 18.8 Å². The van der Waals surface area contributed by atoms with Gasteiger partial charge in [-0.05, 0) is 51.7 Å². The third kappa shape index (κ3) is 4.28. The molecule has 2 N–H and O–H groups in total. The van der Waals surface area contributed by atoms with Crippen molar-refractivity contribution in [2.45, 2.75) is 45.1 Å². The first-order chi connectivity index (χ1) is 11.8. The molecule has 7 nitrogen and oxygen atoms in total. The van der Waals surface area contributed by atoms with E-state index in [2.05, 4.69) is 27.0 Å². The van der Waals surface area contributed by atoms with Gasteiger partial charge in [0.2, 0.25) is 0 Å². The minimum atomic E-state index is -1.11. The summed E-state index contributed by atoms with van der Waals surface area (Å²) in [5.41, 5.74) is -1.11. The summed E-state index contributed by atoms with van der Waals surface area (Å²) in [6.45, 7) is 6.30. The fraction of sp³-hybridized carbons (Fsp3) is 0.500. The van der Waals surface area contributed by atoms with Crippen molar-refractivity contribution in [1.29, 1.82) is 0 Å². The highest BCUT2D eigenvalue weighted by atomic mass is 16.4. The highest BCUT2D eigenvalue weighted by Gasteiger charge is 2.29. The Labute approximate surface area is 146 Å². The molecule has 1 atom stereocenters. The molecule has 0 unspecified atom stereocenters. The average Bonchev–Trinajstić information content (AvgIpc) is 3.21. The van der Waals surface area contributed by atoms with E-state index in [-0.39, 0.29) is 17.6 Å². The Morgan fingerprint density at radius 2 is 2.28 bits per heavy atom. The van der Waals surface area contributed by atoms with Crippen LogP contribution in [0.3, 0.4) is 0 Å². The van der Waals surface area contributed by atoms with Gasteiger partial charge in [0.15, 0.2) is 17.3 Å². The van der Waals surface area contributed by atoms with Crippen molar-refractivity contribution < 1.29 is 14.3 Å². The molecule has 0 aliphatic carbocycles. The van der Waals surface area contributed by atoms with Gasteiger partial charge in [-0.15, -0.1) is 0 Å². The fourth-order valence-electron chi connectivity index (χ4n) is 2.81. The van der Waals surface area contributed by atoms with E-state index in [0.29, 0.717) is 18.8 Å². The molecule has 1 saturated heterocycles. The number of hydrogen-bond donors (Lipinski definition) is 2. The highest BCUT2D eigenvalue weighted by molar-refractivity contribution is 5.91. The van der Waals surface area contributed by atoms with Crippen LogP contribution in [-0.4, -0.2) is 49.8 Å². The Morgan fingerprint density at radius 3 is 2.96 bits per heavy atom. The van der Waals surface area contributed by atoms with Crippen molar-refractivity contribution in [3.05, 3.63) is 35.3 Å². The maximum atomic E-state index is 12.7. The van der Waals surface area contributed by atoms with E-state index < -0.39 is 5.60 Å². The van der Waals surface area contributed by atoms with Crippen LogP contribution < -0.4 is 0 Å². The zero-order valence-corrected chi connectivity index (χ0v) is 14.7. The van der Waals surface area contributed by atoms with Gasteiger partial charge in [0.25, 0.3) is 5.91 Å². The number of aliphatic hydroxyl groups is 1. The van der Waals surface area contributed by atoms with E-state index in [9.17, 15) is 9.90 Å². The summed E-state index contributed by atoms with van der Waals surface area (Å²) in [4.78, 5) is 18.8. The van der Waals surface area contributed by atoms with E-state index in [1.165, 1.54) is 0 Å². The third-order valence-electron chi connectivity index (χ3n) is 4.00. The molecule has 1 aliphatic heterocycles. The topological polar surface area (TPSA) is 95.2 Å². The normalized spacial score (nSPS) is 17.9. The molecule has 25 heavy (non-hydrogen) atoms.